The molecule has 2 aromatic heterocycles. The predicted molar refractivity (Wildman–Crippen MR) is 115 cm³/mol. The average Bonchev–Trinajstić information content (AvgIpc) is 2.76. The molecular weight excluding hydrogens is 419 g/mol. The van der Waals surface area contributed by atoms with E-state index in [0.29, 0.717) is 30.0 Å². The Morgan fingerprint density at radius 3 is 2.66 bits per heavy atom. The lowest BCUT2D eigenvalue weighted by Gasteiger charge is -2.42. The standard InChI is InChI=1S/C22H29FN4O5/c1-22(2,3)32-21(30)26-8-9-27(17(11-26)13-29)20-15(12-28)4-5-19(25-20)31-14-16-6-7-24-10-18(16)23/h4-7,10,17,28-29H,8-9,11-14H2,1-3H3. The number of nitrogens with zero attached hydrogens (tertiary/aromatic N) is 4. The molecule has 0 bridgehead atoms. The quantitative estimate of drug-likeness (QED) is 0.692. The van der Waals surface area contributed by atoms with E-state index >= 15 is 0 Å². The van der Waals surface area contributed by atoms with Crippen LogP contribution >= 0.6 is 0 Å². The number of carbonyl (C=O) groups is 1. The van der Waals surface area contributed by atoms with Crippen LogP contribution < -0.4 is 9.64 Å². The predicted octanol–water partition coefficient (Wildman–Crippen LogP) is 2.11. The Morgan fingerprint density at radius 1 is 1.22 bits per heavy atom. The summed E-state index contributed by atoms with van der Waals surface area (Å²) in [5, 5.41) is 19.8. The normalized spacial score (nSPS) is 16.8. The van der Waals surface area contributed by atoms with Crippen molar-refractivity contribution >= 4 is 11.9 Å². The van der Waals surface area contributed by atoms with Crippen molar-refractivity contribution < 1.29 is 28.9 Å². The van der Waals surface area contributed by atoms with Gasteiger partial charge in [-0.05, 0) is 32.9 Å². The van der Waals surface area contributed by atoms with E-state index in [2.05, 4.69) is 9.97 Å². The number of piperazine rings is 1. The highest BCUT2D eigenvalue weighted by atomic mass is 19.1. The first-order valence-electron chi connectivity index (χ1n) is 10.4. The Morgan fingerprint density at radius 2 is 2.00 bits per heavy atom. The van der Waals surface area contributed by atoms with Gasteiger partial charge in [-0.25, -0.2) is 9.18 Å². The molecule has 1 saturated heterocycles. The van der Waals surface area contributed by atoms with E-state index in [1.807, 2.05) is 4.90 Å². The van der Waals surface area contributed by atoms with Gasteiger partial charge in [-0.15, -0.1) is 0 Å². The van der Waals surface area contributed by atoms with Gasteiger partial charge < -0.3 is 29.5 Å². The van der Waals surface area contributed by atoms with E-state index in [-0.39, 0.29) is 32.2 Å². The second-order valence-electron chi connectivity index (χ2n) is 8.50. The molecule has 1 amide bonds. The number of amides is 1. The fraction of sp³-hybridized carbons (Fsp3) is 0.500. The van der Waals surface area contributed by atoms with Crippen LogP contribution in [-0.4, -0.2) is 69.1 Å². The van der Waals surface area contributed by atoms with Crippen molar-refractivity contribution in [3.63, 3.8) is 0 Å². The Balaban J connectivity index is 1.76. The number of halogens is 1. The van der Waals surface area contributed by atoms with Gasteiger partial charge in [0.05, 0.1) is 25.5 Å². The van der Waals surface area contributed by atoms with Crippen LogP contribution in [0.2, 0.25) is 0 Å². The van der Waals surface area contributed by atoms with E-state index in [1.165, 1.54) is 12.3 Å². The van der Waals surface area contributed by atoms with Gasteiger partial charge in [0.1, 0.15) is 23.8 Å². The molecule has 3 heterocycles. The van der Waals surface area contributed by atoms with Crippen molar-refractivity contribution in [2.75, 3.05) is 31.1 Å². The number of anilines is 1. The van der Waals surface area contributed by atoms with Crippen LogP contribution in [0.15, 0.2) is 30.6 Å². The highest BCUT2D eigenvalue weighted by Crippen LogP contribution is 2.27. The molecule has 2 N–H and O–H groups in total. The summed E-state index contributed by atoms with van der Waals surface area (Å²) in [6, 6.07) is 4.35. The Bertz CT molecular complexity index is 937. The maximum absolute atomic E-state index is 13.8. The molecule has 1 unspecified atom stereocenters. The largest absolute Gasteiger partial charge is 0.473 e. The first-order valence-corrected chi connectivity index (χ1v) is 10.4. The zero-order chi connectivity index (χ0) is 23.3. The van der Waals surface area contributed by atoms with Gasteiger partial charge >= 0.3 is 6.09 Å². The highest BCUT2D eigenvalue weighted by molar-refractivity contribution is 5.69. The molecule has 1 aliphatic heterocycles. The van der Waals surface area contributed by atoms with E-state index < -0.39 is 23.6 Å². The van der Waals surface area contributed by atoms with Gasteiger partial charge in [-0.3, -0.25) is 4.98 Å². The summed E-state index contributed by atoms with van der Waals surface area (Å²) in [7, 11) is 0. The molecule has 1 fully saturated rings. The molecule has 0 saturated carbocycles. The second-order valence-corrected chi connectivity index (χ2v) is 8.50. The van der Waals surface area contributed by atoms with Gasteiger partial charge in [0.25, 0.3) is 0 Å². The number of aliphatic hydroxyl groups is 2. The Hall–Kier alpha value is -2.98. The number of hydrogen-bond donors (Lipinski definition) is 2. The molecule has 9 nitrogen and oxygen atoms in total. The van der Waals surface area contributed by atoms with Crippen LogP contribution in [0.1, 0.15) is 31.9 Å². The van der Waals surface area contributed by atoms with Crippen LogP contribution in [-0.2, 0) is 18.0 Å². The maximum atomic E-state index is 13.8. The smallest absolute Gasteiger partial charge is 0.410 e. The first kappa shape index (κ1) is 23.7. The fourth-order valence-corrected chi connectivity index (χ4v) is 3.37. The summed E-state index contributed by atoms with van der Waals surface area (Å²) in [6.45, 7) is 5.87. The molecule has 2 aromatic rings. The van der Waals surface area contributed by atoms with Crippen molar-refractivity contribution in [3.05, 3.63) is 47.5 Å². The summed E-state index contributed by atoms with van der Waals surface area (Å²) in [4.78, 5) is 24.0. The third-order valence-corrected chi connectivity index (χ3v) is 4.95. The third kappa shape index (κ3) is 5.83. The molecule has 0 radical (unpaired) electrons. The topological polar surface area (TPSA) is 108 Å². The number of aliphatic hydroxyl groups excluding tert-OH is 2. The number of pyridine rings is 2. The molecule has 0 aliphatic carbocycles. The van der Waals surface area contributed by atoms with Crippen molar-refractivity contribution in [3.8, 4) is 5.88 Å². The molecule has 1 atom stereocenters. The van der Waals surface area contributed by atoms with E-state index in [9.17, 15) is 19.4 Å². The van der Waals surface area contributed by atoms with Crippen molar-refractivity contribution in [2.24, 2.45) is 0 Å². The molecule has 32 heavy (non-hydrogen) atoms. The maximum Gasteiger partial charge on any atom is 0.410 e. The number of rotatable bonds is 6. The summed E-state index contributed by atoms with van der Waals surface area (Å²) in [5.41, 5.74) is 0.277. The van der Waals surface area contributed by atoms with Gasteiger partial charge in [0, 0.05) is 43.0 Å². The summed E-state index contributed by atoms with van der Waals surface area (Å²) in [6.07, 6.45) is 2.15. The third-order valence-electron chi connectivity index (χ3n) is 4.95. The van der Waals surface area contributed by atoms with Gasteiger partial charge in [-0.2, -0.15) is 4.98 Å². The lowest BCUT2D eigenvalue weighted by atomic mass is 10.1. The molecule has 0 aromatic carbocycles. The van der Waals surface area contributed by atoms with E-state index in [1.54, 1.807) is 37.8 Å². The second kappa shape index (κ2) is 10.1. The summed E-state index contributed by atoms with van der Waals surface area (Å²) in [5.74, 6) is 0.223. The minimum Gasteiger partial charge on any atom is -0.473 e. The number of ether oxygens (including phenoxy) is 2. The molecule has 0 spiro atoms. The lowest BCUT2D eigenvalue weighted by molar-refractivity contribution is 0.0196. The van der Waals surface area contributed by atoms with E-state index in [4.69, 9.17) is 9.47 Å². The minimum atomic E-state index is -0.617. The van der Waals surface area contributed by atoms with E-state index in [0.717, 1.165) is 6.20 Å². The molecule has 1 aliphatic rings. The van der Waals surface area contributed by atoms with Crippen LogP contribution in [0.25, 0.3) is 0 Å². The first-order chi connectivity index (χ1) is 15.2. The van der Waals surface area contributed by atoms with Crippen LogP contribution in [0, 0.1) is 5.82 Å². The Kier molecular flexibility index (Phi) is 7.47. The molecule has 174 valence electrons. The lowest BCUT2D eigenvalue weighted by Crippen LogP contribution is -2.57. The van der Waals surface area contributed by atoms with Crippen LogP contribution in [0.4, 0.5) is 15.0 Å². The zero-order valence-corrected chi connectivity index (χ0v) is 18.5. The molecular formula is C22H29FN4O5. The monoisotopic (exact) mass is 448 g/mol. The van der Waals surface area contributed by atoms with Crippen LogP contribution in [0.3, 0.4) is 0 Å². The average molecular weight is 448 g/mol. The highest BCUT2D eigenvalue weighted by Gasteiger charge is 2.33. The van der Waals surface area contributed by atoms with Crippen molar-refractivity contribution in [2.45, 2.75) is 45.6 Å². The molecule has 3 rings (SSSR count). The van der Waals surface area contributed by atoms with Crippen molar-refractivity contribution in [1.82, 2.24) is 14.9 Å². The van der Waals surface area contributed by atoms with Gasteiger partial charge in [0.2, 0.25) is 5.88 Å². The van der Waals surface area contributed by atoms with Gasteiger partial charge in [-0.1, -0.05) is 0 Å². The minimum absolute atomic E-state index is 0.0326. The Labute approximate surface area is 186 Å². The number of aromatic nitrogens is 2. The zero-order valence-electron chi connectivity index (χ0n) is 18.5. The summed E-state index contributed by atoms with van der Waals surface area (Å²) >= 11 is 0. The number of carbonyl (C=O) groups excluding carboxylic acids is 1. The van der Waals surface area contributed by atoms with Crippen LogP contribution in [0.5, 0.6) is 5.88 Å². The van der Waals surface area contributed by atoms with Crippen molar-refractivity contribution in [1.29, 1.82) is 0 Å². The number of hydrogen-bond acceptors (Lipinski definition) is 8. The van der Waals surface area contributed by atoms with Gasteiger partial charge in [0.15, 0.2) is 0 Å². The molecule has 10 heteroatoms. The SMILES string of the molecule is CC(C)(C)OC(=O)N1CCN(c2nc(OCc3ccncc3F)ccc2CO)C(CO)C1. The summed E-state index contributed by atoms with van der Waals surface area (Å²) < 4.78 is 24.9. The fourth-order valence-electron chi connectivity index (χ4n) is 3.37.